The quantitative estimate of drug-likeness (QED) is 0.334. The van der Waals surface area contributed by atoms with Gasteiger partial charge in [-0.3, -0.25) is 0 Å². The lowest BCUT2D eigenvalue weighted by atomic mass is 10.1. The molecule has 2 aromatic rings. The molecule has 1 aromatic carbocycles. The summed E-state index contributed by atoms with van der Waals surface area (Å²) in [7, 11) is 1.63. The van der Waals surface area contributed by atoms with Crippen LogP contribution in [0.25, 0.3) is 0 Å². The van der Waals surface area contributed by atoms with Gasteiger partial charge in [0.2, 0.25) is 5.88 Å². The Labute approximate surface area is 190 Å². The lowest BCUT2D eigenvalue weighted by Gasteiger charge is -2.21. The molecule has 1 aliphatic heterocycles. The number of benzene rings is 1. The summed E-state index contributed by atoms with van der Waals surface area (Å²) in [5.74, 6) is 2.12. The Balaban J connectivity index is 0.00000300. The first-order valence-electron chi connectivity index (χ1n) is 9.92. The lowest BCUT2D eigenvalue weighted by Crippen LogP contribution is -2.40. The van der Waals surface area contributed by atoms with Crippen molar-refractivity contribution in [3.8, 4) is 5.88 Å². The predicted octanol–water partition coefficient (Wildman–Crippen LogP) is 3.71. The van der Waals surface area contributed by atoms with E-state index in [1.54, 1.807) is 13.3 Å². The van der Waals surface area contributed by atoms with Gasteiger partial charge < -0.3 is 19.7 Å². The second-order valence-corrected chi connectivity index (χ2v) is 6.98. The molecule has 0 saturated carbocycles. The third-order valence-electron chi connectivity index (χ3n) is 4.81. The molecule has 1 aliphatic rings. The normalized spacial score (nSPS) is 16.4. The first-order valence-corrected chi connectivity index (χ1v) is 9.92. The molecule has 1 fully saturated rings. The molecule has 2 heterocycles. The van der Waals surface area contributed by atoms with E-state index in [0.29, 0.717) is 24.9 Å². The number of methoxy groups -OCH3 is 1. The summed E-state index contributed by atoms with van der Waals surface area (Å²) in [6.45, 7) is 6.99. The summed E-state index contributed by atoms with van der Waals surface area (Å²) >= 11 is 0. The number of nitrogens with zero attached hydrogens (tertiary/aromatic N) is 3. The van der Waals surface area contributed by atoms with Crippen LogP contribution in [-0.2, 0) is 17.9 Å². The summed E-state index contributed by atoms with van der Waals surface area (Å²) in [5.41, 5.74) is 2.31. The molecule has 1 aromatic heterocycles. The van der Waals surface area contributed by atoms with E-state index in [2.05, 4.69) is 34.3 Å². The van der Waals surface area contributed by atoms with Crippen LogP contribution in [0.2, 0.25) is 0 Å². The molecule has 0 aliphatic carbocycles. The Morgan fingerprint density at radius 1 is 1.24 bits per heavy atom. The number of aromatic nitrogens is 1. The highest BCUT2D eigenvalue weighted by Crippen LogP contribution is 2.18. The molecule has 1 unspecified atom stereocenters. The maximum Gasteiger partial charge on any atom is 0.213 e. The minimum atomic E-state index is 0. The fraction of sp³-hybridized carbons (Fsp3) is 0.455. The van der Waals surface area contributed by atoms with E-state index in [0.717, 1.165) is 44.2 Å². The molecular formula is C22H31IN4O2. The van der Waals surface area contributed by atoms with E-state index in [1.165, 1.54) is 5.56 Å². The molecule has 0 radical (unpaired) electrons. The molecule has 158 valence electrons. The molecule has 7 heteroatoms. The summed E-state index contributed by atoms with van der Waals surface area (Å²) in [6, 6.07) is 14.2. The van der Waals surface area contributed by atoms with Crippen LogP contribution in [0, 0.1) is 5.92 Å². The molecule has 1 N–H and O–H groups in total. The number of halogens is 1. The highest BCUT2D eigenvalue weighted by Gasteiger charge is 2.25. The Morgan fingerprint density at radius 2 is 2.07 bits per heavy atom. The highest BCUT2D eigenvalue weighted by molar-refractivity contribution is 14.0. The van der Waals surface area contributed by atoms with Crippen LogP contribution in [0.15, 0.2) is 53.7 Å². The van der Waals surface area contributed by atoms with Crippen molar-refractivity contribution in [1.82, 2.24) is 15.2 Å². The zero-order valence-electron chi connectivity index (χ0n) is 17.2. The van der Waals surface area contributed by atoms with Crippen LogP contribution < -0.4 is 10.1 Å². The number of nitrogens with one attached hydrogen (secondary N) is 1. The largest absolute Gasteiger partial charge is 0.481 e. The smallest absolute Gasteiger partial charge is 0.213 e. The predicted molar refractivity (Wildman–Crippen MR) is 127 cm³/mol. The van der Waals surface area contributed by atoms with Crippen LogP contribution >= 0.6 is 24.0 Å². The number of guanidine groups is 1. The van der Waals surface area contributed by atoms with Crippen LogP contribution in [0.5, 0.6) is 5.88 Å². The molecule has 6 nitrogen and oxygen atoms in total. The van der Waals surface area contributed by atoms with Gasteiger partial charge in [0, 0.05) is 37.8 Å². The van der Waals surface area contributed by atoms with Gasteiger partial charge in [0.25, 0.3) is 0 Å². The second kappa shape index (κ2) is 12.6. The minimum absolute atomic E-state index is 0. The molecular weight excluding hydrogens is 479 g/mol. The zero-order valence-corrected chi connectivity index (χ0v) is 19.5. The van der Waals surface area contributed by atoms with E-state index in [4.69, 9.17) is 14.5 Å². The average molecular weight is 510 g/mol. The number of likely N-dealkylation sites (tertiary alicyclic amines) is 1. The molecule has 3 rings (SSSR count). The number of rotatable bonds is 8. The van der Waals surface area contributed by atoms with Crippen molar-refractivity contribution >= 4 is 29.9 Å². The number of hydrogen-bond acceptors (Lipinski definition) is 4. The van der Waals surface area contributed by atoms with E-state index < -0.39 is 0 Å². The molecule has 0 spiro atoms. The van der Waals surface area contributed by atoms with Gasteiger partial charge in [0.15, 0.2) is 5.96 Å². The maximum atomic E-state index is 5.94. The van der Waals surface area contributed by atoms with Crippen molar-refractivity contribution < 1.29 is 9.47 Å². The van der Waals surface area contributed by atoms with Crippen molar-refractivity contribution in [2.45, 2.75) is 26.5 Å². The van der Waals surface area contributed by atoms with Gasteiger partial charge in [-0.1, -0.05) is 30.3 Å². The first-order chi connectivity index (χ1) is 13.8. The van der Waals surface area contributed by atoms with Gasteiger partial charge in [-0.05, 0) is 30.5 Å². The maximum absolute atomic E-state index is 5.94. The fourth-order valence-electron chi connectivity index (χ4n) is 3.33. The van der Waals surface area contributed by atoms with Crippen molar-refractivity contribution in [2.24, 2.45) is 10.9 Å². The Hall–Kier alpha value is -1.87. The van der Waals surface area contributed by atoms with Crippen LogP contribution in [0.4, 0.5) is 0 Å². The summed E-state index contributed by atoms with van der Waals surface area (Å²) < 4.78 is 11.1. The van der Waals surface area contributed by atoms with E-state index >= 15 is 0 Å². The van der Waals surface area contributed by atoms with Gasteiger partial charge in [-0.2, -0.15) is 0 Å². The summed E-state index contributed by atoms with van der Waals surface area (Å²) in [6.07, 6.45) is 2.88. The number of hydrogen-bond donors (Lipinski definition) is 1. The van der Waals surface area contributed by atoms with Gasteiger partial charge in [-0.25, -0.2) is 9.98 Å². The summed E-state index contributed by atoms with van der Waals surface area (Å²) in [5, 5.41) is 3.41. The van der Waals surface area contributed by atoms with Gasteiger partial charge in [0.1, 0.15) is 0 Å². The molecule has 1 saturated heterocycles. The Morgan fingerprint density at radius 3 is 2.83 bits per heavy atom. The summed E-state index contributed by atoms with van der Waals surface area (Å²) in [4.78, 5) is 11.3. The van der Waals surface area contributed by atoms with Crippen molar-refractivity contribution in [3.05, 3.63) is 59.8 Å². The molecule has 0 bridgehead atoms. The van der Waals surface area contributed by atoms with Gasteiger partial charge in [0.05, 0.1) is 26.9 Å². The SMILES string of the molecule is CCNC(=NCc1ccnc(OC)c1)N1CCC(COCc2ccccc2)C1.I. The third kappa shape index (κ3) is 7.47. The van der Waals surface area contributed by atoms with Gasteiger partial charge in [-0.15, -0.1) is 24.0 Å². The fourth-order valence-corrected chi connectivity index (χ4v) is 3.33. The minimum Gasteiger partial charge on any atom is -0.481 e. The second-order valence-electron chi connectivity index (χ2n) is 6.98. The van der Waals surface area contributed by atoms with Crippen molar-refractivity contribution in [1.29, 1.82) is 0 Å². The van der Waals surface area contributed by atoms with Crippen LogP contribution in [0.3, 0.4) is 0 Å². The Bertz CT molecular complexity index is 757. The van der Waals surface area contributed by atoms with Crippen LogP contribution in [0.1, 0.15) is 24.5 Å². The van der Waals surface area contributed by atoms with E-state index in [-0.39, 0.29) is 24.0 Å². The van der Waals surface area contributed by atoms with E-state index in [9.17, 15) is 0 Å². The standard InChI is InChI=1S/C22H30N4O2.HI/c1-3-23-22(25-14-19-9-11-24-21(13-19)27-2)26-12-10-20(15-26)17-28-16-18-7-5-4-6-8-18;/h4-9,11,13,20H,3,10,12,14-17H2,1-2H3,(H,23,25);1H. The van der Waals surface area contributed by atoms with E-state index in [1.807, 2.05) is 30.3 Å². The highest BCUT2D eigenvalue weighted by atomic mass is 127. The molecule has 29 heavy (non-hydrogen) atoms. The lowest BCUT2D eigenvalue weighted by molar-refractivity contribution is 0.0906. The van der Waals surface area contributed by atoms with Gasteiger partial charge >= 0.3 is 0 Å². The third-order valence-corrected chi connectivity index (χ3v) is 4.81. The molecule has 1 atom stereocenters. The average Bonchev–Trinajstić information content (AvgIpc) is 3.21. The topological polar surface area (TPSA) is 59.0 Å². The number of aliphatic imine (C=N–C) groups is 1. The van der Waals surface area contributed by atoms with Crippen molar-refractivity contribution in [2.75, 3.05) is 33.4 Å². The first kappa shape index (κ1) is 23.4. The monoisotopic (exact) mass is 510 g/mol. The zero-order chi connectivity index (χ0) is 19.6. The number of ether oxygens (including phenoxy) is 2. The Kier molecular flexibility index (Phi) is 10.2. The molecule has 0 amide bonds. The van der Waals surface area contributed by atoms with Crippen molar-refractivity contribution in [3.63, 3.8) is 0 Å². The van der Waals surface area contributed by atoms with Crippen LogP contribution in [-0.4, -0.2) is 49.2 Å². The number of pyridine rings is 1.